The molecule has 0 aliphatic heterocycles. The molecular weight excluding hydrogens is 474 g/mol. The Morgan fingerprint density at radius 3 is 2.54 bits per heavy atom. The molecule has 0 aromatic rings. The second-order valence-electron chi connectivity index (χ2n) is 10.9. The Morgan fingerprint density at radius 1 is 1.16 bits per heavy atom. The van der Waals surface area contributed by atoms with E-state index in [2.05, 4.69) is 6.92 Å². The van der Waals surface area contributed by atoms with Crippen LogP contribution in [-0.4, -0.2) is 63.6 Å². The minimum Gasteiger partial charge on any atom is -0.481 e. The maximum absolute atomic E-state index is 13.0. The van der Waals surface area contributed by atoms with E-state index in [0.717, 1.165) is 30.5 Å². The van der Waals surface area contributed by atoms with Crippen LogP contribution in [0.4, 0.5) is 0 Å². The Balaban J connectivity index is 2.25. The lowest BCUT2D eigenvalue weighted by Gasteiger charge is -2.44. The highest BCUT2D eigenvalue weighted by molar-refractivity contribution is 6.08. The van der Waals surface area contributed by atoms with Gasteiger partial charge in [-0.25, -0.2) is 0 Å². The quantitative estimate of drug-likeness (QED) is 0.213. The molecule has 1 saturated carbocycles. The molecule has 0 amide bonds. The predicted molar refractivity (Wildman–Crippen MR) is 142 cm³/mol. The van der Waals surface area contributed by atoms with Crippen molar-refractivity contribution in [3.63, 3.8) is 0 Å². The third kappa shape index (κ3) is 9.32. The standard InChI is InChI=1S/C29H47NO7/c1-5-7-8-9-14-30-24-12-13-26(37-29(36)18(3)6-2)28-22(19(4)25(33)17-23(24)28)11-10-20(31)15-21(32)16-27(34)35/h17-22,26,28,31-32H,5-16H2,1-4H3,(H,34,35). The summed E-state index contributed by atoms with van der Waals surface area (Å²) in [5.74, 6) is -2.18. The number of carbonyl (C=O) groups is 3. The van der Waals surface area contributed by atoms with E-state index in [-0.39, 0.29) is 47.9 Å². The van der Waals surface area contributed by atoms with Crippen LogP contribution in [0.25, 0.3) is 0 Å². The molecule has 0 bridgehead atoms. The van der Waals surface area contributed by atoms with Crippen LogP contribution in [0.5, 0.6) is 0 Å². The van der Waals surface area contributed by atoms with Crippen LogP contribution >= 0.6 is 0 Å². The van der Waals surface area contributed by atoms with E-state index in [1.54, 1.807) is 6.08 Å². The number of esters is 1. The first-order chi connectivity index (χ1) is 17.6. The molecule has 3 N–H and O–H groups in total. The van der Waals surface area contributed by atoms with E-state index < -0.39 is 24.6 Å². The lowest BCUT2D eigenvalue weighted by atomic mass is 9.63. The van der Waals surface area contributed by atoms with Crippen LogP contribution in [0.2, 0.25) is 0 Å². The van der Waals surface area contributed by atoms with E-state index >= 15 is 0 Å². The number of hydrogen-bond donors (Lipinski definition) is 3. The van der Waals surface area contributed by atoms with Gasteiger partial charge in [0.05, 0.1) is 24.5 Å². The predicted octanol–water partition coefficient (Wildman–Crippen LogP) is 4.50. The monoisotopic (exact) mass is 521 g/mol. The summed E-state index contributed by atoms with van der Waals surface area (Å²) < 4.78 is 6.03. The van der Waals surface area contributed by atoms with Gasteiger partial charge in [-0.15, -0.1) is 0 Å². The number of carbonyl (C=O) groups excluding carboxylic acids is 2. The van der Waals surface area contributed by atoms with Crippen molar-refractivity contribution in [3.05, 3.63) is 11.6 Å². The molecule has 37 heavy (non-hydrogen) atoms. The Labute approximate surface area is 221 Å². The molecular formula is C29H47NO7. The number of carboxylic acid groups (broad SMARTS) is 1. The molecule has 2 aliphatic rings. The summed E-state index contributed by atoms with van der Waals surface area (Å²) in [5, 5.41) is 29.3. The third-order valence-electron chi connectivity index (χ3n) is 7.99. The molecule has 0 spiro atoms. The van der Waals surface area contributed by atoms with Crippen molar-refractivity contribution in [3.8, 4) is 0 Å². The van der Waals surface area contributed by atoms with Gasteiger partial charge >= 0.3 is 11.9 Å². The number of fused-ring (bicyclic) bond motifs is 1. The zero-order valence-corrected chi connectivity index (χ0v) is 23.0. The fourth-order valence-corrected chi connectivity index (χ4v) is 5.51. The lowest BCUT2D eigenvalue weighted by Crippen LogP contribution is -2.46. The molecule has 210 valence electrons. The zero-order valence-electron chi connectivity index (χ0n) is 23.0. The van der Waals surface area contributed by atoms with Crippen molar-refractivity contribution in [1.29, 1.82) is 0 Å². The Morgan fingerprint density at radius 2 is 1.89 bits per heavy atom. The summed E-state index contributed by atoms with van der Waals surface area (Å²) in [4.78, 5) is 41.5. The van der Waals surface area contributed by atoms with Crippen LogP contribution in [0.1, 0.15) is 98.3 Å². The van der Waals surface area contributed by atoms with E-state index in [9.17, 15) is 24.6 Å². The number of aliphatic hydroxyl groups excluding tert-OH is 2. The van der Waals surface area contributed by atoms with Crippen molar-refractivity contribution in [2.75, 3.05) is 6.54 Å². The number of aliphatic hydroxyl groups is 2. The summed E-state index contributed by atoms with van der Waals surface area (Å²) in [6.07, 6.45) is 6.13. The Bertz CT molecular complexity index is 836. The van der Waals surface area contributed by atoms with Crippen LogP contribution < -0.4 is 0 Å². The van der Waals surface area contributed by atoms with Gasteiger partial charge in [-0.1, -0.05) is 47.0 Å². The van der Waals surface area contributed by atoms with Crippen molar-refractivity contribution >= 4 is 23.4 Å². The smallest absolute Gasteiger partial charge is 0.308 e. The summed E-state index contributed by atoms with van der Waals surface area (Å²) >= 11 is 0. The highest BCUT2D eigenvalue weighted by Gasteiger charge is 2.46. The maximum atomic E-state index is 13.0. The zero-order chi connectivity index (χ0) is 27.5. The molecule has 0 aromatic carbocycles. The molecule has 2 aliphatic carbocycles. The second-order valence-corrected chi connectivity index (χ2v) is 10.9. The summed E-state index contributed by atoms with van der Waals surface area (Å²) in [6, 6.07) is 0. The van der Waals surface area contributed by atoms with E-state index in [1.165, 1.54) is 6.42 Å². The van der Waals surface area contributed by atoms with Crippen LogP contribution in [0.15, 0.2) is 16.6 Å². The summed E-state index contributed by atoms with van der Waals surface area (Å²) in [7, 11) is 0. The van der Waals surface area contributed by atoms with E-state index in [1.807, 2.05) is 20.8 Å². The van der Waals surface area contributed by atoms with Gasteiger partial charge in [-0.05, 0) is 62.5 Å². The number of carboxylic acids is 1. The minimum atomic E-state index is -1.13. The third-order valence-corrected chi connectivity index (χ3v) is 7.99. The fourth-order valence-electron chi connectivity index (χ4n) is 5.51. The number of unbranched alkanes of at least 4 members (excludes halogenated alkanes) is 3. The van der Waals surface area contributed by atoms with Crippen molar-refractivity contribution in [1.82, 2.24) is 0 Å². The molecule has 2 rings (SSSR count). The van der Waals surface area contributed by atoms with Crippen LogP contribution in [0.3, 0.4) is 0 Å². The lowest BCUT2D eigenvalue weighted by molar-refractivity contribution is -0.158. The molecule has 7 atom stereocenters. The number of nitrogens with zero attached hydrogens (tertiary/aromatic N) is 1. The average molecular weight is 522 g/mol. The molecule has 0 saturated heterocycles. The van der Waals surface area contributed by atoms with Crippen molar-refractivity contribution in [2.24, 2.45) is 28.7 Å². The summed E-state index contributed by atoms with van der Waals surface area (Å²) in [6.45, 7) is 8.57. The molecule has 0 heterocycles. The van der Waals surface area contributed by atoms with Crippen LogP contribution in [0, 0.1) is 23.7 Å². The highest BCUT2D eigenvalue weighted by atomic mass is 16.5. The number of hydrogen-bond acceptors (Lipinski definition) is 7. The molecule has 0 aromatic heterocycles. The van der Waals surface area contributed by atoms with Gasteiger partial charge in [0, 0.05) is 24.1 Å². The normalized spacial score (nSPS) is 27.2. The number of allylic oxidation sites excluding steroid dienone is 1. The Kier molecular flexibility index (Phi) is 12.9. The summed E-state index contributed by atoms with van der Waals surface area (Å²) in [5.41, 5.74) is 1.80. The molecule has 8 heteroatoms. The first kappa shape index (κ1) is 31.2. The topological polar surface area (TPSA) is 133 Å². The van der Waals surface area contributed by atoms with Gasteiger partial charge in [-0.3, -0.25) is 19.4 Å². The largest absolute Gasteiger partial charge is 0.481 e. The number of aliphatic imine (C=N–C) groups is 1. The van der Waals surface area contributed by atoms with Crippen LogP contribution in [-0.2, 0) is 19.1 Å². The highest BCUT2D eigenvalue weighted by Crippen LogP contribution is 2.44. The van der Waals surface area contributed by atoms with E-state index in [0.29, 0.717) is 38.6 Å². The van der Waals surface area contributed by atoms with Gasteiger partial charge in [0.1, 0.15) is 6.10 Å². The number of rotatable bonds is 15. The molecule has 1 fully saturated rings. The first-order valence-electron chi connectivity index (χ1n) is 14.2. The number of ether oxygens (including phenoxy) is 1. The molecule has 8 nitrogen and oxygen atoms in total. The number of ketones is 1. The SMILES string of the molecule is CCCCCCN=C1CCC(OC(=O)C(C)CC)C2C1=CC(=O)C(C)C2CCC(O)CC(O)CC(=O)O. The van der Waals surface area contributed by atoms with Crippen molar-refractivity contribution < 1.29 is 34.4 Å². The first-order valence-corrected chi connectivity index (χ1v) is 14.2. The Hall–Kier alpha value is -2.06. The van der Waals surface area contributed by atoms with Gasteiger partial charge in [-0.2, -0.15) is 0 Å². The van der Waals surface area contributed by atoms with Gasteiger partial charge in [0.25, 0.3) is 0 Å². The fraction of sp³-hybridized carbons (Fsp3) is 0.793. The second kappa shape index (κ2) is 15.4. The van der Waals surface area contributed by atoms with E-state index in [4.69, 9.17) is 14.8 Å². The molecule has 0 radical (unpaired) electrons. The molecule has 7 unspecified atom stereocenters. The minimum absolute atomic E-state index is 0.0178. The van der Waals surface area contributed by atoms with Gasteiger partial charge in [0.15, 0.2) is 5.78 Å². The average Bonchev–Trinajstić information content (AvgIpc) is 2.84. The van der Waals surface area contributed by atoms with Gasteiger partial charge < -0.3 is 20.1 Å². The maximum Gasteiger partial charge on any atom is 0.308 e. The number of aliphatic carboxylic acids is 1. The van der Waals surface area contributed by atoms with Crippen molar-refractivity contribution in [2.45, 2.75) is 117 Å². The van der Waals surface area contributed by atoms with Gasteiger partial charge in [0.2, 0.25) is 0 Å².